The van der Waals surface area contributed by atoms with Crippen molar-refractivity contribution in [1.29, 1.82) is 5.26 Å². The van der Waals surface area contributed by atoms with Crippen molar-refractivity contribution in [2.75, 3.05) is 6.61 Å². The zero-order chi connectivity index (χ0) is 9.90. The van der Waals surface area contributed by atoms with Gasteiger partial charge in [-0.3, -0.25) is 0 Å². The first-order valence-corrected chi connectivity index (χ1v) is 4.82. The SMILES string of the molecule is C[C@](N)(CO)c1csc(CC#N)c1. The van der Waals surface area contributed by atoms with E-state index in [9.17, 15) is 0 Å². The van der Waals surface area contributed by atoms with Gasteiger partial charge >= 0.3 is 0 Å². The normalized spacial score (nSPS) is 14.9. The molecule has 3 nitrogen and oxygen atoms in total. The Labute approximate surface area is 81.4 Å². The Bertz CT molecular complexity index is 325. The molecule has 0 aliphatic heterocycles. The molecule has 13 heavy (non-hydrogen) atoms. The predicted octanol–water partition coefficient (Wildman–Crippen LogP) is 0.980. The van der Waals surface area contributed by atoms with Crippen molar-refractivity contribution in [3.8, 4) is 6.07 Å². The molecule has 3 N–H and O–H groups in total. The second-order valence-corrected chi connectivity index (χ2v) is 4.21. The van der Waals surface area contributed by atoms with Gasteiger partial charge in [-0.25, -0.2) is 0 Å². The maximum atomic E-state index is 9.00. The van der Waals surface area contributed by atoms with Crippen LogP contribution in [0.1, 0.15) is 17.4 Å². The van der Waals surface area contributed by atoms with Gasteiger partial charge in [0.15, 0.2) is 0 Å². The van der Waals surface area contributed by atoms with E-state index in [-0.39, 0.29) is 6.61 Å². The Morgan fingerprint density at radius 1 is 1.77 bits per heavy atom. The summed E-state index contributed by atoms with van der Waals surface area (Å²) in [6.45, 7) is 1.68. The highest BCUT2D eigenvalue weighted by molar-refractivity contribution is 7.10. The van der Waals surface area contributed by atoms with E-state index in [0.717, 1.165) is 10.4 Å². The van der Waals surface area contributed by atoms with Gasteiger partial charge in [0.1, 0.15) is 0 Å². The summed E-state index contributed by atoms with van der Waals surface area (Å²) in [6, 6.07) is 3.95. The van der Waals surface area contributed by atoms with Crippen molar-refractivity contribution in [3.05, 3.63) is 21.9 Å². The van der Waals surface area contributed by atoms with Crippen molar-refractivity contribution in [2.24, 2.45) is 5.73 Å². The fraction of sp³-hybridized carbons (Fsp3) is 0.444. The molecule has 70 valence electrons. The van der Waals surface area contributed by atoms with E-state index in [0.29, 0.717) is 6.42 Å². The van der Waals surface area contributed by atoms with Gasteiger partial charge in [-0.1, -0.05) is 0 Å². The number of hydrogen-bond acceptors (Lipinski definition) is 4. The summed E-state index contributed by atoms with van der Waals surface area (Å²) in [4.78, 5) is 0.989. The molecule has 0 bridgehead atoms. The van der Waals surface area contributed by atoms with Gasteiger partial charge < -0.3 is 10.8 Å². The van der Waals surface area contributed by atoms with Gasteiger partial charge in [0, 0.05) is 4.88 Å². The highest BCUT2D eigenvalue weighted by Gasteiger charge is 2.21. The zero-order valence-corrected chi connectivity index (χ0v) is 8.27. The summed E-state index contributed by atoms with van der Waals surface area (Å²) in [5, 5.41) is 19.4. The highest BCUT2D eigenvalue weighted by atomic mass is 32.1. The van der Waals surface area contributed by atoms with Crippen molar-refractivity contribution < 1.29 is 5.11 Å². The largest absolute Gasteiger partial charge is 0.394 e. The van der Waals surface area contributed by atoms with Crippen LogP contribution in [0, 0.1) is 11.3 Å². The summed E-state index contributed by atoms with van der Waals surface area (Å²) in [5.41, 5.74) is 6.02. The lowest BCUT2D eigenvalue weighted by Crippen LogP contribution is -2.36. The molecule has 0 saturated heterocycles. The summed E-state index contributed by atoms with van der Waals surface area (Å²) in [6.07, 6.45) is 0.409. The average Bonchev–Trinajstić information content (AvgIpc) is 2.54. The number of aliphatic hydroxyl groups is 1. The Morgan fingerprint density at radius 2 is 2.46 bits per heavy atom. The Hall–Kier alpha value is -0.890. The molecular weight excluding hydrogens is 184 g/mol. The second kappa shape index (κ2) is 3.88. The van der Waals surface area contributed by atoms with Crippen LogP contribution in [0.5, 0.6) is 0 Å². The third-order valence-electron chi connectivity index (χ3n) is 1.89. The van der Waals surface area contributed by atoms with E-state index in [1.807, 2.05) is 11.4 Å². The van der Waals surface area contributed by atoms with Crippen molar-refractivity contribution in [3.63, 3.8) is 0 Å². The molecule has 1 atom stereocenters. The van der Waals surface area contributed by atoms with Crippen LogP contribution in [0.2, 0.25) is 0 Å². The molecule has 0 unspecified atom stereocenters. The molecule has 0 spiro atoms. The first-order valence-electron chi connectivity index (χ1n) is 3.95. The number of nitrogens with two attached hydrogens (primary N) is 1. The van der Waals surface area contributed by atoms with Crippen molar-refractivity contribution >= 4 is 11.3 Å². The lowest BCUT2D eigenvalue weighted by atomic mass is 9.97. The smallest absolute Gasteiger partial charge is 0.0695 e. The molecule has 0 amide bonds. The molecule has 0 fully saturated rings. The topological polar surface area (TPSA) is 70.0 Å². The van der Waals surface area contributed by atoms with Crippen LogP contribution < -0.4 is 5.73 Å². The minimum Gasteiger partial charge on any atom is -0.394 e. The summed E-state index contributed by atoms with van der Waals surface area (Å²) < 4.78 is 0. The lowest BCUT2D eigenvalue weighted by Gasteiger charge is -2.19. The van der Waals surface area contributed by atoms with Crippen LogP contribution in [0.4, 0.5) is 0 Å². The van der Waals surface area contributed by atoms with Gasteiger partial charge in [-0.2, -0.15) is 5.26 Å². The summed E-state index contributed by atoms with van der Waals surface area (Å²) in [7, 11) is 0. The number of nitrogens with zero attached hydrogens (tertiary/aromatic N) is 1. The van der Waals surface area contributed by atoms with Crippen LogP contribution in [0.3, 0.4) is 0 Å². The van der Waals surface area contributed by atoms with Crippen LogP contribution >= 0.6 is 11.3 Å². The lowest BCUT2D eigenvalue weighted by molar-refractivity contribution is 0.210. The summed E-state index contributed by atoms with van der Waals surface area (Å²) >= 11 is 1.50. The fourth-order valence-electron chi connectivity index (χ4n) is 0.942. The first kappa shape index (κ1) is 10.2. The average molecular weight is 196 g/mol. The van der Waals surface area contributed by atoms with Gasteiger partial charge in [-0.05, 0) is 23.9 Å². The van der Waals surface area contributed by atoms with Gasteiger partial charge in [0.05, 0.1) is 24.6 Å². The Kier molecular flexibility index (Phi) is 3.04. The maximum Gasteiger partial charge on any atom is 0.0695 e. The summed E-state index contributed by atoms with van der Waals surface area (Å²) in [5.74, 6) is 0. The predicted molar refractivity (Wildman–Crippen MR) is 52.3 cm³/mol. The van der Waals surface area contributed by atoms with Crippen molar-refractivity contribution in [2.45, 2.75) is 18.9 Å². The van der Waals surface area contributed by atoms with Crippen LogP contribution in [0.25, 0.3) is 0 Å². The zero-order valence-electron chi connectivity index (χ0n) is 7.45. The van der Waals surface area contributed by atoms with Gasteiger partial charge in [0.2, 0.25) is 0 Å². The monoisotopic (exact) mass is 196 g/mol. The quantitative estimate of drug-likeness (QED) is 0.757. The minimum absolute atomic E-state index is 0.0876. The van der Waals surface area contributed by atoms with E-state index in [1.165, 1.54) is 11.3 Å². The molecule has 1 aromatic rings. The number of nitriles is 1. The van der Waals surface area contributed by atoms with Gasteiger partial charge in [-0.15, -0.1) is 11.3 Å². The van der Waals surface area contributed by atoms with E-state index < -0.39 is 5.54 Å². The van der Waals surface area contributed by atoms with Gasteiger partial charge in [0.25, 0.3) is 0 Å². The number of rotatable bonds is 3. The van der Waals surface area contributed by atoms with Crippen LogP contribution in [-0.4, -0.2) is 11.7 Å². The van der Waals surface area contributed by atoms with E-state index in [4.69, 9.17) is 16.1 Å². The molecule has 0 radical (unpaired) electrons. The van der Waals surface area contributed by atoms with E-state index in [2.05, 4.69) is 6.07 Å². The first-order chi connectivity index (χ1) is 6.10. The number of thiophene rings is 1. The molecule has 4 heteroatoms. The van der Waals surface area contributed by atoms with E-state index in [1.54, 1.807) is 6.92 Å². The van der Waals surface area contributed by atoms with Crippen LogP contribution in [0.15, 0.2) is 11.4 Å². The molecular formula is C9H12N2OS. The highest BCUT2D eigenvalue weighted by Crippen LogP contribution is 2.23. The molecule has 0 aromatic carbocycles. The molecule has 1 heterocycles. The third-order valence-corrected chi connectivity index (χ3v) is 2.83. The molecule has 1 aromatic heterocycles. The minimum atomic E-state index is -0.690. The number of aliphatic hydroxyl groups excluding tert-OH is 1. The van der Waals surface area contributed by atoms with E-state index >= 15 is 0 Å². The molecule has 0 aliphatic carbocycles. The Morgan fingerprint density at radius 3 is 3.00 bits per heavy atom. The standard InChI is InChI=1S/C9H12N2OS/c1-9(11,6-12)7-4-8(2-3-10)13-5-7/h4-5,12H,2,6,11H2,1H3/t9-/m0/s1. The fourth-order valence-corrected chi connectivity index (χ4v) is 1.90. The third kappa shape index (κ3) is 2.28. The molecule has 1 rings (SSSR count). The molecule has 0 aliphatic rings. The molecule has 0 saturated carbocycles. The maximum absolute atomic E-state index is 9.00. The Balaban J connectivity index is 2.86. The second-order valence-electron chi connectivity index (χ2n) is 3.21. The van der Waals surface area contributed by atoms with Crippen molar-refractivity contribution in [1.82, 2.24) is 0 Å². The van der Waals surface area contributed by atoms with Crippen LogP contribution in [-0.2, 0) is 12.0 Å². The number of hydrogen-bond donors (Lipinski definition) is 2.